The van der Waals surface area contributed by atoms with E-state index in [0.717, 1.165) is 0 Å². The maximum absolute atomic E-state index is 10.9. The molecule has 0 radical (unpaired) electrons. The first-order chi connectivity index (χ1) is 12.8. The molecule has 3 rings (SSSR count). The van der Waals surface area contributed by atoms with Crippen molar-refractivity contribution < 1.29 is 9.34 Å². The van der Waals surface area contributed by atoms with Crippen LogP contribution in [0.5, 0.6) is 0 Å². The van der Waals surface area contributed by atoms with Gasteiger partial charge in [-0.05, 0) is 30.3 Å². The summed E-state index contributed by atoms with van der Waals surface area (Å²) in [7, 11) is 0. The Morgan fingerprint density at radius 1 is 0.963 bits per heavy atom. The molecule has 1 aromatic heterocycles. The number of nitro benzene ring substituents is 1. The van der Waals surface area contributed by atoms with Crippen LogP contribution in [0.15, 0.2) is 57.1 Å². The smallest absolute Gasteiger partial charge is 0.270 e. The molecular weight excluding hydrogens is 436 g/mol. The number of non-ortho nitro benzene ring substituents is 1. The van der Waals surface area contributed by atoms with Crippen molar-refractivity contribution >= 4 is 57.8 Å². The Morgan fingerprint density at radius 3 is 2.33 bits per heavy atom. The number of benzene rings is 2. The van der Waals surface area contributed by atoms with Gasteiger partial charge in [-0.15, -0.1) is 0 Å². The number of nitrogens with zero attached hydrogens (tertiary/aromatic N) is 3. The summed E-state index contributed by atoms with van der Waals surface area (Å²) in [6.45, 7) is 0.113. The van der Waals surface area contributed by atoms with Crippen LogP contribution in [-0.2, 0) is 6.54 Å². The summed E-state index contributed by atoms with van der Waals surface area (Å²) < 4.78 is 5.65. The monoisotopic (exact) mass is 443 g/mol. The fourth-order valence-electron chi connectivity index (χ4n) is 2.23. The zero-order chi connectivity index (χ0) is 19.6. The van der Waals surface area contributed by atoms with Gasteiger partial charge < -0.3 is 4.42 Å². The minimum Gasteiger partial charge on any atom is -0.459 e. The number of hydrogen-bond acceptors (Lipinski definition) is 5. The lowest BCUT2D eigenvalue weighted by atomic mass is 10.1. The molecular formula is C17H9Cl4N3O3. The molecule has 0 aliphatic heterocycles. The van der Waals surface area contributed by atoms with Crippen LogP contribution in [0.3, 0.4) is 0 Å². The Morgan fingerprint density at radius 2 is 1.67 bits per heavy atom. The van der Waals surface area contributed by atoms with Gasteiger partial charge in [0.25, 0.3) is 5.69 Å². The minimum atomic E-state index is -0.502. The molecule has 2 aromatic carbocycles. The SMILES string of the molecule is O=[N+]([O-])c1ccc(Cl)c(-c2ccc(CN=Nc3c(Cl)cc(Cl)cc3Cl)o2)c1. The fourth-order valence-corrected chi connectivity index (χ4v) is 3.33. The van der Waals surface area contributed by atoms with Crippen LogP contribution in [0, 0.1) is 10.1 Å². The quantitative estimate of drug-likeness (QED) is 0.229. The van der Waals surface area contributed by atoms with Gasteiger partial charge in [0.2, 0.25) is 0 Å². The van der Waals surface area contributed by atoms with Crippen molar-refractivity contribution in [1.82, 2.24) is 0 Å². The van der Waals surface area contributed by atoms with Crippen molar-refractivity contribution in [3.05, 3.63) is 78.4 Å². The van der Waals surface area contributed by atoms with E-state index < -0.39 is 4.92 Å². The normalized spacial score (nSPS) is 11.3. The predicted molar refractivity (Wildman–Crippen MR) is 106 cm³/mol. The molecule has 0 saturated carbocycles. The third-order valence-corrected chi connectivity index (χ3v) is 4.59. The van der Waals surface area contributed by atoms with Crippen LogP contribution in [0.1, 0.15) is 5.76 Å². The van der Waals surface area contributed by atoms with Crippen LogP contribution in [0.25, 0.3) is 11.3 Å². The summed E-state index contributed by atoms with van der Waals surface area (Å²) in [6.07, 6.45) is 0. The Balaban J connectivity index is 1.80. The summed E-state index contributed by atoms with van der Waals surface area (Å²) in [4.78, 5) is 10.4. The van der Waals surface area contributed by atoms with Gasteiger partial charge in [-0.2, -0.15) is 10.2 Å². The summed E-state index contributed by atoms with van der Waals surface area (Å²) in [5, 5.41) is 20.2. The van der Waals surface area contributed by atoms with E-state index in [2.05, 4.69) is 10.2 Å². The molecule has 0 N–H and O–H groups in total. The van der Waals surface area contributed by atoms with E-state index in [1.54, 1.807) is 12.1 Å². The Kier molecular flexibility index (Phi) is 6.01. The molecule has 0 spiro atoms. The Bertz CT molecular complexity index is 1030. The maximum Gasteiger partial charge on any atom is 0.270 e. The highest BCUT2D eigenvalue weighted by atomic mass is 35.5. The highest BCUT2D eigenvalue weighted by Gasteiger charge is 2.14. The van der Waals surface area contributed by atoms with E-state index in [4.69, 9.17) is 50.8 Å². The van der Waals surface area contributed by atoms with Crippen molar-refractivity contribution in [2.75, 3.05) is 0 Å². The highest BCUT2D eigenvalue weighted by Crippen LogP contribution is 2.36. The molecule has 3 aromatic rings. The largest absolute Gasteiger partial charge is 0.459 e. The Hall–Kier alpha value is -2.12. The molecule has 0 amide bonds. The van der Waals surface area contributed by atoms with E-state index in [0.29, 0.717) is 32.8 Å². The number of hydrogen-bond donors (Lipinski definition) is 0. The lowest BCUT2D eigenvalue weighted by Crippen LogP contribution is -1.88. The van der Waals surface area contributed by atoms with E-state index in [1.807, 2.05) is 0 Å². The second-order valence-corrected chi connectivity index (χ2v) is 6.96. The third-order valence-electron chi connectivity index (χ3n) is 3.47. The van der Waals surface area contributed by atoms with Gasteiger partial charge in [-0.25, -0.2) is 0 Å². The van der Waals surface area contributed by atoms with Gasteiger partial charge in [0.15, 0.2) is 0 Å². The zero-order valence-electron chi connectivity index (χ0n) is 13.3. The zero-order valence-corrected chi connectivity index (χ0v) is 16.4. The lowest BCUT2D eigenvalue weighted by molar-refractivity contribution is -0.384. The van der Waals surface area contributed by atoms with E-state index in [9.17, 15) is 10.1 Å². The van der Waals surface area contributed by atoms with Crippen molar-refractivity contribution in [3.8, 4) is 11.3 Å². The molecule has 0 unspecified atom stereocenters. The van der Waals surface area contributed by atoms with Crippen molar-refractivity contribution in [2.24, 2.45) is 10.2 Å². The number of azo groups is 1. The maximum atomic E-state index is 10.9. The molecule has 0 bridgehead atoms. The van der Waals surface area contributed by atoms with Crippen molar-refractivity contribution in [3.63, 3.8) is 0 Å². The predicted octanol–water partition coefficient (Wildman–Crippen LogP) is 7.75. The molecule has 27 heavy (non-hydrogen) atoms. The van der Waals surface area contributed by atoms with Crippen LogP contribution >= 0.6 is 46.4 Å². The number of nitro groups is 1. The highest BCUT2D eigenvalue weighted by molar-refractivity contribution is 6.41. The van der Waals surface area contributed by atoms with Gasteiger partial charge in [0.1, 0.15) is 23.8 Å². The van der Waals surface area contributed by atoms with Crippen LogP contribution < -0.4 is 0 Å². The van der Waals surface area contributed by atoms with Crippen LogP contribution in [0.2, 0.25) is 20.1 Å². The summed E-state index contributed by atoms with van der Waals surface area (Å²) in [6, 6.07) is 10.5. The minimum absolute atomic E-state index is 0.0842. The first-order valence-electron chi connectivity index (χ1n) is 7.40. The van der Waals surface area contributed by atoms with Gasteiger partial charge in [0.05, 0.1) is 20.0 Å². The number of rotatable bonds is 5. The van der Waals surface area contributed by atoms with Crippen LogP contribution in [-0.4, -0.2) is 4.92 Å². The average Bonchev–Trinajstić information content (AvgIpc) is 3.06. The third kappa shape index (κ3) is 4.59. The summed E-state index contributed by atoms with van der Waals surface area (Å²) >= 11 is 24.0. The molecule has 138 valence electrons. The van der Waals surface area contributed by atoms with Crippen LogP contribution in [0.4, 0.5) is 11.4 Å². The lowest BCUT2D eigenvalue weighted by Gasteiger charge is -2.01. The number of halogens is 4. The molecule has 10 heteroatoms. The first kappa shape index (κ1) is 19.6. The van der Waals surface area contributed by atoms with Crippen molar-refractivity contribution in [1.29, 1.82) is 0 Å². The fraction of sp³-hybridized carbons (Fsp3) is 0.0588. The molecule has 6 nitrogen and oxygen atoms in total. The molecule has 0 aliphatic rings. The average molecular weight is 445 g/mol. The summed E-state index contributed by atoms with van der Waals surface area (Å²) in [5.74, 6) is 0.869. The summed E-state index contributed by atoms with van der Waals surface area (Å²) in [5.41, 5.74) is 0.633. The van der Waals surface area contributed by atoms with Gasteiger partial charge >= 0.3 is 0 Å². The molecule has 0 atom stereocenters. The molecule has 0 fully saturated rings. The van der Waals surface area contributed by atoms with E-state index in [1.165, 1.54) is 30.3 Å². The standard InChI is InChI=1S/C17H9Cl4N3O3/c18-9-5-14(20)17(15(21)6-9)23-22-8-11-2-4-16(27-11)12-7-10(24(25)26)1-3-13(12)19/h1-7H,8H2. The molecule has 0 saturated heterocycles. The van der Waals surface area contributed by atoms with Gasteiger partial charge in [-0.3, -0.25) is 10.1 Å². The molecule has 1 heterocycles. The van der Waals surface area contributed by atoms with E-state index >= 15 is 0 Å². The van der Waals surface area contributed by atoms with Gasteiger partial charge in [-0.1, -0.05) is 46.4 Å². The second kappa shape index (κ2) is 8.27. The second-order valence-electron chi connectivity index (χ2n) is 5.30. The first-order valence-corrected chi connectivity index (χ1v) is 8.91. The Labute approximate surface area is 173 Å². The van der Waals surface area contributed by atoms with Gasteiger partial charge in [0, 0.05) is 22.7 Å². The topological polar surface area (TPSA) is 81.0 Å². The number of furan rings is 1. The molecule has 0 aliphatic carbocycles. The van der Waals surface area contributed by atoms with E-state index in [-0.39, 0.29) is 22.3 Å². The van der Waals surface area contributed by atoms with Crippen molar-refractivity contribution in [2.45, 2.75) is 6.54 Å².